The molecule has 1 aliphatic carbocycles. The summed E-state index contributed by atoms with van der Waals surface area (Å²) in [4.78, 5) is 3.14. The van der Waals surface area contributed by atoms with Gasteiger partial charge in [0.2, 0.25) is 0 Å². The molecule has 1 N–H and O–H groups in total. The van der Waals surface area contributed by atoms with Gasteiger partial charge in [0.1, 0.15) is 5.75 Å². The van der Waals surface area contributed by atoms with Crippen molar-refractivity contribution in [3.8, 4) is 11.5 Å². The molecule has 8 heteroatoms. The molecule has 0 unspecified atom stereocenters. The van der Waals surface area contributed by atoms with Gasteiger partial charge in [-0.05, 0) is 60.2 Å². The first-order valence-corrected chi connectivity index (χ1v) is 11.2. The van der Waals surface area contributed by atoms with Crippen LogP contribution in [0.3, 0.4) is 0 Å². The second kappa shape index (κ2) is 8.95. The van der Waals surface area contributed by atoms with Crippen molar-refractivity contribution in [2.75, 3.05) is 0 Å². The van der Waals surface area contributed by atoms with Crippen LogP contribution in [0.2, 0.25) is 0 Å². The molecular formula is C25H25F6NO. The SMILES string of the molecule is CCc1cc(C(F)(F)F)c(Oc2ccc3[nH]cc(CC4CCCCC4)c3c2)c(C(F)(F)F)c1. The third-order valence-electron chi connectivity index (χ3n) is 6.36. The van der Waals surface area contributed by atoms with E-state index in [4.69, 9.17) is 4.74 Å². The third-order valence-corrected chi connectivity index (χ3v) is 6.36. The molecule has 0 bridgehead atoms. The Morgan fingerprint density at radius 1 is 0.909 bits per heavy atom. The van der Waals surface area contributed by atoms with E-state index < -0.39 is 29.2 Å². The first-order valence-electron chi connectivity index (χ1n) is 11.2. The summed E-state index contributed by atoms with van der Waals surface area (Å²) in [7, 11) is 0. The van der Waals surface area contributed by atoms with Crippen molar-refractivity contribution in [2.45, 2.75) is 64.2 Å². The Hall–Kier alpha value is -2.64. The molecule has 0 radical (unpaired) electrons. The molecule has 178 valence electrons. The number of aryl methyl sites for hydroxylation is 1. The molecule has 1 aromatic heterocycles. The minimum absolute atomic E-state index is 0.0340. The van der Waals surface area contributed by atoms with Gasteiger partial charge in [0, 0.05) is 17.1 Å². The van der Waals surface area contributed by atoms with Crippen molar-refractivity contribution in [2.24, 2.45) is 5.92 Å². The summed E-state index contributed by atoms with van der Waals surface area (Å²) in [6.07, 6.45) is -1.46. The van der Waals surface area contributed by atoms with Crippen molar-refractivity contribution in [1.29, 1.82) is 0 Å². The van der Waals surface area contributed by atoms with Crippen LogP contribution in [-0.4, -0.2) is 4.98 Å². The van der Waals surface area contributed by atoms with Gasteiger partial charge in [-0.25, -0.2) is 0 Å². The second-order valence-electron chi connectivity index (χ2n) is 8.70. The van der Waals surface area contributed by atoms with Crippen LogP contribution >= 0.6 is 0 Å². The van der Waals surface area contributed by atoms with E-state index in [1.165, 1.54) is 38.3 Å². The first kappa shape index (κ1) is 23.5. The van der Waals surface area contributed by atoms with Crippen LogP contribution < -0.4 is 4.74 Å². The summed E-state index contributed by atoms with van der Waals surface area (Å²) in [6.45, 7) is 1.50. The fourth-order valence-electron chi connectivity index (χ4n) is 4.63. The van der Waals surface area contributed by atoms with Crippen LogP contribution in [-0.2, 0) is 25.2 Å². The summed E-state index contributed by atoms with van der Waals surface area (Å²) < 4.78 is 87.6. The van der Waals surface area contributed by atoms with Crippen LogP contribution in [0.1, 0.15) is 61.3 Å². The number of ether oxygens (including phenoxy) is 1. The van der Waals surface area contributed by atoms with Gasteiger partial charge in [-0.3, -0.25) is 0 Å². The number of rotatable bonds is 5. The summed E-state index contributed by atoms with van der Waals surface area (Å²) in [5.41, 5.74) is -1.15. The summed E-state index contributed by atoms with van der Waals surface area (Å²) in [5, 5.41) is 0.755. The molecule has 1 heterocycles. The van der Waals surface area contributed by atoms with Crippen LogP contribution in [0.15, 0.2) is 36.5 Å². The zero-order valence-corrected chi connectivity index (χ0v) is 18.2. The Morgan fingerprint density at radius 2 is 1.55 bits per heavy atom. The Balaban J connectivity index is 1.75. The van der Waals surface area contributed by atoms with Gasteiger partial charge < -0.3 is 9.72 Å². The first-order chi connectivity index (χ1) is 15.6. The maximum absolute atomic E-state index is 13.7. The molecule has 0 atom stereocenters. The monoisotopic (exact) mass is 469 g/mol. The highest BCUT2D eigenvalue weighted by atomic mass is 19.4. The molecule has 4 rings (SSSR count). The lowest BCUT2D eigenvalue weighted by molar-refractivity contribution is -0.145. The van der Waals surface area contributed by atoms with Gasteiger partial charge in [0.25, 0.3) is 0 Å². The second-order valence-corrected chi connectivity index (χ2v) is 8.70. The number of fused-ring (bicyclic) bond motifs is 1. The number of aromatic nitrogens is 1. The molecule has 3 aromatic rings. The normalized spacial score (nSPS) is 15.8. The number of H-pyrrole nitrogens is 1. The summed E-state index contributed by atoms with van der Waals surface area (Å²) >= 11 is 0. The van der Waals surface area contributed by atoms with E-state index in [1.54, 1.807) is 6.07 Å². The largest absolute Gasteiger partial charge is 0.456 e. The van der Waals surface area contributed by atoms with Gasteiger partial charge in [0.05, 0.1) is 11.1 Å². The van der Waals surface area contributed by atoms with E-state index in [-0.39, 0.29) is 17.7 Å². The molecule has 0 aliphatic heterocycles. The molecule has 1 aliphatic rings. The lowest BCUT2D eigenvalue weighted by atomic mass is 9.85. The number of alkyl halides is 6. The van der Waals surface area contributed by atoms with E-state index in [2.05, 4.69) is 4.98 Å². The highest BCUT2D eigenvalue weighted by Crippen LogP contribution is 2.47. The van der Waals surface area contributed by atoms with Gasteiger partial charge in [-0.15, -0.1) is 0 Å². The van der Waals surface area contributed by atoms with Crippen LogP contribution in [0.4, 0.5) is 26.3 Å². The number of nitrogens with one attached hydrogen (secondary N) is 1. The predicted octanol–water partition coefficient (Wildman–Crippen LogP) is 8.68. The van der Waals surface area contributed by atoms with Crippen LogP contribution in [0, 0.1) is 5.92 Å². The minimum atomic E-state index is -5.00. The van der Waals surface area contributed by atoms with Gasteiger partial charge in [-0.1, -0.05) is 39.0 Å². The maximum Gasteiger partial charge on any atom is 0.420 e. The van der Waals surface area contributed by atoms with Gasteiger partial charge in [-0.2, -0.15) is 26.3 Å². The Bertz CT molecular complexity index is 1090. The van der Waals surface area contributed by atoms with Crippen molar-refractivity contribution in [1.82, 2.24) is 4.98 Å². The summed E-state index contributed by atoms with van der Waals surface area (Å²) in [5.74, 6) is -0.749. The van der Waals surface area contributed by atoms with Gasteiger partial charge >= 0.3 is 12.4 Å². The third kappa shape index (κ3) is 5.14. The van der Waals surface area contributed by atoms with E-state index in [0.29, 0.717) is 5.92 Å². The molecular weight excluding hydrogens is 444 g/mol. The van der Waals surface area contributed by atoms with E-state index >= 15 is 0 Å². The Morgan fingerprint density at radius 3 is 2.12 bits per heavy atom. The number of hydrogen-bond acceptors (Lipinski definition) is 1. The molecule has 33 heavy (non-hydrogen) atoms. The smallest absolute Gasteiger partial charge is 0.420 e. The van der Waals surface area contributed by atoms with Crippen LogP contribution in [0.25, 0.3) is 10.9 Å². The maximum atomic E-state index is 13.7. The number of benzene rings is 2. The lowest BCUT2D eigenvalue weighted by Gasteiger charge is -2.21. The molecule has 1 fully saturated rings. The molecule has 0 saturated heterocycles. The van der Waals surface area contributed by atoms with Crippen molar-refractivity contribution in [3.63, 3.8) is 0 Å². The van der Waals surface area contributed by atoms with E-state index in [0.717, 1.165) is 47.9 Å². The lowest BCUT2D eigenvalue weighted by Crippen LogP contribution is -2.15. The predicted molar refractivity (Wildman–Crippen MR) is 114 cm³/mol. The topological polar surface area (TPSA) is 25.0 Å². The van der Waals surface area contributed by atoms with E-state index in [9.17, 15) is 26.3 Å². The van der Waals surface area contributed by atoms with E-state index in [1.807, 2.05) is 6.20 Å². The molecule has 2 aromatic carbocycles. The molecule has 2 nitrogen and oxygen atoms in total. The Labute approximate surface area is 187 Å². The van der Waals surface area contributed by atoms with Crippen molar-refractivity contribution >= 4 is 10.9 Å². The quantitative estimate of drug-likeness (QED) is 0.372. The molecule has 0 amide bonds. The zero-order chi connectivity index (χ0) is 23.8. The molecule has 1 saturated carbocycles. The standard InChI is InChI=1S/C25H25F6NO/c1-2-15-11-20(24(26,27)28)23(21(12-15)25(29,30)31)33-18-8-9-22-19(13-18)17(14-32-22)10-16-6-4-3-5-7-16/h8-9,11-14,16,32H,2-7,10H2,1H3. The van der Waals surface area contributed by atoms with Crippen molar-refractivity contribution < 1.29 is 31.1 Å². The zero-order valence-electron chi connectivity index (χ0n) is 18.2. The summed E-state index contributed by atoms with van der Waals surface area (Å²) in [6, 6.07) is 5.99. The minimum Gasteiger partial charge on any atom is -0.456 e. The highest BCUT2D eigenvalue weighted by Gasteiger charge is 2.42. The number of hydrogen-bond donors (Lipinski definition) is 1. The van der Waals surface area contributed by atoms with Crippen molar-refractivity contribution in [3.05, 3.63) is 58.8 Å². The average molecular weight is 469 g/mol. The average Bonchev–Trinajstić information content (AvgIpc) is 3.15. The van der Waals surface area contributed by atoms with Crippen LogP contribution in [0.5, 0.6) is 11.5 Å². The Kier molecular flexibility index (Phi) is 6.38. The number of halogens is 6. The number of aromatic amines is 1. The fraction of sp³-hybridized carbons (Fsp3) is 0.440. The fourth-order valence-corrected chi connectivity index (χ4v) is 4.63. The van der Waals surface area contributed by atoms with Gasteiger partial charge in [0.15, 0.2) is 5.75 Å². The molecule has 0 spiro atoms. The highest BCUT2D eigenvalue weighted by molar-refractivity contribution is 5.84.